The molecule has 0 atom stereocenters. The third-order valence-electron chi connectivity index (χ3n) is 2.49. The van der Waals surface area contributed by atoms with Gasteiger partial charge in [0.1, 0.15) is 10.5 Å². The molecule has 0 aliphatic carbocycles. The molecule has 78 valence electrons. The number of unbranched alkanes of at least 4 members (excludes halogenated alkanes) is 4. The van der Waals surface area contributed by atoms with Gasteiger partial charge in [-0.25, -0.2) is 0 Å². The predicted molar refractivity (Wildman–Crippen MR) is 66.6 cm³/mol. The van der Waals surface area contributed by atoms with Crippen LogP contribution in [0, 0.1) is 0 Å². The highest BCUT2D eigenvalue weighted by Crippen LogP contribution is 2.15. The minimum absolute atomic E-state index is 0.916. The molecule has 0 radical (unpaired) electrons. The van der Waals surface area contributed by atoms with Gasteiger partial charge in [0.15, 0.2) is 8.32 Å². The van der Waals surface area contributed by atoms with Crippen LogP contribution in [0.1, 0.15) is 32.1 Å². The van der Waals surface area contributed by atoms with E-state index >= 15 is 0 Å². The molecule has 0 heterocycles. The van der Waals surface area contributed by atoms with Gasteiger partial charge in [-0.1, -0.05) is 25.3 Å². The predicted octanol–water partition coefficient (Wildman–Crippen LogP) is 2.63. The van der Waals surface area contributed by atoms with Gasteiger partial charge in [-0.3, -0.25) is 0 Å². The lowest BCUT2D eigenvalue weighted by atomic mass is 10.1. The molecule has 3 heteroatoms. The van der Waals surface area contributed by atoms with Gasteiger partial charge in [0.25, 0.3) is 0 Å². The van der Waals surface area contributed by atoms with Crippen molar-refractivity contribution in [2.24, 2.45) is 0 Å². The Morgan fingerprint density at radius 1 is 1.23 bits per heavy atom. The van der Waals surface area contributed by atoms with Gasteiger partial charge < -0.3 is 4.12 Å². The Hall–Kier alpha value is 0.134. The molecule has 0 rings (SSSR count). The molecule has 0 aliphatic rings. The van der Waals surface area contributed by atoms with Crippen molar-refractivity contribution >= 4 is 18.8 Å². The molecule has 0 aliphatic heterocycles. The summed E-state index contributed by atoms with van der Waals surface area (Å²) in [4.78, 5) is 0. The molecular weight excluding hydrogens is 192 g/mol. The summed E-state index contributed by atoms with van der Waals surface area (Å²) >= 11 is 0. The van der Waals surface area contributed by atoms with Gasteiger partial charge >= 0.3 is 0 Å². The standard InChI is InChI=1S/C10H24OSi2/c1-4-5-6-7-8-9-10-13(2,3)11-12/h4H,1,5-10H2,2-3,12H3. The van der Waals surface area contributed by atoms with Gasteiger partial charge in [0.05, 0.1) is 0 Å². The maximum Gasteiger partial charge on any atom is 0.172 e. The van der Waals surface area contributed by atoms with Crippen LogP contribution in [-0.4, -0.2) is 18.8 Å². The largest absolute Gasteiger partial charge is 0.463 e. The summed E-state index contributed by atoms with van der Waals surface area (Å²) in [6.45, 7) is 8.37. The summed E-state index contributed by atoms with van der Waals surface area (Å²) in [6.07, 6.45) is 8.59. The third-order valence-corrected chi connectivity index (χ3v) is 8.47. The normalized spacial score (nSPS) is 11.8. The maximum absolute atomic E-state index is 5.63. The second kappa shape index (κ2) is 7.53. The fourth-order valence-electron chi connectivity index (χ4n) is 1.30. The zero-order valence-corrected chi connectivity index (χ0v) is 12.4. The highest BCUT2D eigenvalue weighted by Gasteiger charge is 2.18. The van der Waals surface area contributed by atoms with E-state index in [4.69, 9.17) is 4.12 Å². The summed E-state index contributed by atoms with van der Waals surface area (Å²) in [5.74, 6) is 0. The van der Waals surface area contributed by atoms with Crippen molar-refractivity contribution in [1.82, 2.24) is 0 Å². The van der Waals surface area contributed by atoms with Crippen LogP contribution in [0.15, 0.2) is 12.7 Å². The molecule has 1 nitrogen and oxygen atoms in total. The molecule has 0 fully saturated rings. The summed E-state index contributed by atoms with van der Waals surface area (Å²) < 4.78 is 5.63. The molecule has 0 aromatic heterocycles. The highest BCUT2D eigenvalue weighted by molar-refractivity contribution is 6.73. The van der Waals surface area contributed by atoms with Gasteiger partial charge in [-0.2, -0.15) is 0 Å². The zero-order valence-electron chi connectivity index (χ0n) is 9.44. The van der Waals surface area contributed by atoms with Gasteiger partial charge in [-0.05, 0) is 32.0 Å². The van der Waals surface area contributed by atoms with Crippen LogP contribution >= 0.6 is 0 Å². The van der Waals surface area contributed by atoms with E-state index in [2.05, 4.69) is 19.7 Å². The number of hydrogen-bond donors (Lipinski definition) is 0. The van der Waals surface area contributed by atoms with Crippen molar-refractivity contribution in [2.45, 2.75) is 51.2 Å². The SMILES string of the molecule is C=CCCCCCC[Si](C)(C)O[SiH3]. The first-order valence-corrected chi connectivity index (χ1v) is 9.21. The van der Waals surface area contributed by atoms with Crippen molar-refractivity contribution < 1.29 is 4.12 Å². The molecule has 0 N–H and O–H groups in total. The molecule has 0 bridgehead atoms. The molecule has 0 amide bonds. The third kappa shape index (κ3) is 8.46. The minimum Gasteiger partial charge on any atom is -0.463 e. The van der Waals surface area contributed by atoms with Gasteiger partial charge in [-0.15, -0.1) is 6.58 Å². The van der Waals surface area contributed by atoms with Crippen molar-refractivity contribution in [3.05, 3.63) is 12.7 Å². The smallest absolute Gasteiger partial charge is 0.172 e. The monoisotopic (exact) mass is 216 g/mol. The first-order valence-electron chi connectivity index (χ1n) is 5.28. The van der Waals surface area contributed by atoms with E-state index < -0.39 is 8.32 Å². The maximum atomic E-state index is 5.63. The van der Waals surface area contributed by atoms with Crippen LogP contribution in [0.2, 0.25) is 19.1 Å². The molecule has 13 heavy (non-hydrogen) atoms. The Morgan fingerprint density at radius 2 is 1.85 bits per heavy atom. The van der Waals surface area contributed by atoms with E-state index in [0.717, 1.165) is 10.5 Å². The summed E-state index contributed by atoms with van der Waals surface area (Å²) in [5.41, 5.74) is 0. The van der Waals surface area contributed by atoms with Crippen LogP contribution in [-0.2, 0) is 4.12 Å². The second-order valence-electron chi connectivity index (χ2n) is 4.21. The molecule has 0 aromatic rings. The molecule has 0 unspecified atom stereocenters. The Morgan fingerprint density at radius 3 is 2.38 bits per heavy atom. The molecule has 0 saturated carbocycles. The van der Waals surface area contributed by atoms with Gasteiger partial charge in [0, 0.05) is 0 Å². The summed E-state index contributed by atoms with van der Waals surface area (Å²) in [5, 5.41) is 0. The number of rotatable bonds is 8. The lowest BCUT2D eigenvalue weighted by molar-refractivity contribution is 0.587. The highest BCUT2D eigenvalue weighted by atomic mass is 28.4. The van der Waals surface area contributed by atoms with Crippen LogP contribution in [0.3, 0.4) is 0 Å². The topological polar surface area (TPSA) is 9.23 Å². The first kappa shape index (κ1) is 13.1. The van der Waals surface area contributed by atoms with Crippen molar-refractivity contribution in [1.29, 1.82) is 0 Å². The molecule has 0 saturated heterocycles. The first-order chi connectivity index (χ1) is 6.12. The molecular formula is C10H24OSi2. The number of hydrogen-bond acceptors (Lipinski definition) is 1. The quantitative estimate of drug-likeness (QED) is 0.344. The fraction of sp³-hybridized carbons (Fsp3) is 0.800. The molecule has 0 aromatic carbocycles. The van der Waals surface area contributed by atoms with E-state index in [1.165, 1.54) is 38.1 Å². The Labute approximate surface area is 87.2 Å². The lowest BCUT2D eigenvalue weighted by Gasteiger charge is -2.20. The number of allylic oxidation sites excluding steroid dienone is 1. The molecule has 0 spiro atoms. The lowest BCUT2D eigenvalue weighted by Crippen LogP contribution is -2.28. The summed E-state index contributed by atoms with van der Waals surface area (Å²) in [6, 6.07) is 1.34. The van der Waals surface area contributed by atoms with E-state index in [1.54, 1.807) is 0 Å². The average Bonchev–Trinajstić information content (AvgIpc) is 2.11. The van der Waals surface area contributed by atoms with E-state index in [9.17, 15) is 0 Å². The minimum atomic E-state index is -1.20. The Kier molecular flexibility index (Phi) is 7.61. The average molecular weight is 216 g/mol. The van der Waals surface area contributed by atoms with Gasteiger partial charge in [0.2, 0.25) is 0 Å². The Balaban J connectivity index is 3.20. The fourth-order valence-corrected chi connectivity index (χ4v) is 3.21. The van der Waals surface area contributed by atoms with E-state index in [0.29, 0.717) is 0 Å². The van der Waals surface area contributed by atoms with Crippen LogP contribution < -0.4 is 0 Å². The van der Waals surface area contributed by atoms with E-state index in [-0.39, 0.29) is 0 Å². The Bertz CT molecular complexity index is 135. The van der Waals surface area contributed by atoms with Crippen LogP contribution in [0.5, 0.6) is 0 Å². The van der Waals surface area contributed by atoms with Crippen molar-refractivity contribution in [2.75, 3.05) is 0 Å². The second-order valence-corrected chi connectivity index (χ2v) is 9.86. The van der Waals surface area contributed by atoms with E-state index in [1.807, 2.05) is 6.08 Å². The zero-order chi connectivity index (χ0) is 10.2. The summed E-state index contributed by atoms with van der Waals surface area (Å²) in [7, 11) is -0.288. The van der Waals surface area contributed by atoms with Crippen LogP contribution in [0.4, 0.5) is 0 Å². The van der Waals surface area contributed by atoms with Crippen molar-refractivity contribution in [3.8, 4) is 0 Å². The van der Waals surface area contributed by atoms with Crippen molar-refractivity contribution in [3.63, 3.8) is 0 Å². The van der Waals surface area contributed by atoms with Crippen LogP contribution in [0.25, 0.3) is 0 Å².